The molecule has 126 valence electrons. The van der Waals surface area contributed by atoms with Gasteiger partial charge < -0.3 is 5.32 Å². The predicted octanol–water partition coefficient (Wildman–Crippen LogP) is 5.94. The SMILES string of the molecule is C=C(Nc1cccc(C)c1C)/C(C)=C(/N=C(C)CC)C(F)(F)F. The third kappa shape index (κ3) is 4.98. The molecule has 0 fully saturated rings. The zero-order chi connectivity index (χ0) is 17.8. The molecule has 0 bridgehead atoms. The highest BCUT2D eigenvalue weighted by atomic mass is 19.4. The number of halogens is 3. The van der Waals surface area contributed by atoms with Crippen molar-refractivity contribution in [1.29, 1.82) is 0 Å². The summed E-state index contributed by atoms with van der Waals surface area (Å²) in [5, 5.41) is 2.97. The van der Waals surface area contributed by atoms with Gasteiger partial charge in [-0.05, 0) is 51.3 Å². The van der Waals surface area contributed by atoms with E-state index in [0.29, 0.717) is 12.1 Å². The van der Waals surface area contributed by atoms with Crippen LogP contribution in [0.5, 0.6) is 0 Å². The molecule has 0 aliphatic carbocycles. The summed E-state index contributed by atoms with van der Waals surface area (Å²) in [4.78, 5) is 3.74. The van der Waals surface area contributed by atoms with Crippen LogP contribution in [0.1, 0.15) is 38.3 Å². The second-order valence-electron chi connectivity index (χ2n) is 5.52. The highest BCUT2D eigenvalue weighted by molar-refractivity contribution is 5.82. The quantitative estimate of drug-likeness (QED) is 0.526. The van der Waals surface area contributed by atoms with Crippen molar-refractivity contribution in [2.45, 2.75) is 47.2 Å². The van der Waals surface area contributed by atoms with E-state index in [1.165, 1.54) is 6.92 Å². The van der Waals surface area contributed by atoms with E-state index < -0.39 is 11.9 Å². The van der Waals surface area contributed by atoms with E-state index in [1.807, 2.05) is 32.0 Å². The van der Waals surface area contributed by atoms with Crippen LogP contribution in [0.3, 0.4) is 0 Å². The van der Waals surface area contributed by atoms with Gasteiger partial charge in [0.2, 0.25) is 0 Å². The molecular weight excluding hydrogens is 301 g/mol. The van der Waals surface area contributed by atoms with Crippen molar-refractivity contribution in [1.82, 2.24) is 0 Å². The number of alkyl halides is 3. The van der Waals surface area contributed by atoms with E-state index >= 15 is 0 Å². The van der Waals surface area contributed by atoms with E-state index in [4.69, 9.17) is 0 Å². The highest BCUT2D eigenvalue weighted by Crippen LogP contribution is 2.32. The summed E-state index contributed by atoms with van der Waals surface area (Å²) < 4.78 is 39.8. The molecule has 1 aromatic rings. The maximum Gasteiger partial charge on any atom is 0.433 e. The van der Waals surface area contributed by atoms with E-state index in [1.54, 1.807) is 13.8 Å². The number of benzene rings is 1. The summed E-state index contributed by atoms with van der Waals surface area (Å²) in [6, 6.07) is 5.61. The van der Waals surface area contributed by atoms with Crippen LogP contribution < -0.4 is 5.32 Å². The minimum absolute atomic E-state index is 0.00814. The van der Waals surface area contributed by atoms with Crippen LogP contribution in [0.15, 0.2) is 46.7 Å². The Hall–Kier alpha value is -2.04. The second-order valence-corrected chi connectivity index (χ2v) is 5.52. The van der Waals surface area contributed by atoms with Gasteiger partial charge in [-0.25, -0.2) is 0 Å². The number of anilines is 1. The third-order valence-electron chi connectivity index (χ3n) is 3.78. The maximum atomic E-state index is 13.3. The van der Waals surface area contributed by atoms with Gasteiger partial charge in [-0.1, -0.05) is 25.6 Å². The summed E-state index contributed by atoms with van der Waals surface area (Å²) in [6.45, 7) is 12.3. The predicted molar refractivity (Wildman–Crippen MR) is 90.8 cm³/mol. The zero-order valence-corrected chi connectivity index (χ0v) is 14.2. The Bertz CT molecular complexity index is 653. The number of hydrogen-bond donors (Lipinski definition) is 1. The molecule has 0 heterocycles. The smallest absolute Gasteiger partial charge is 0.356 e. The van der Waals surface area contributed by atoms with Gasteiger partial charge in [0.05, 0.1) is 0 Å². The first-order valence-electron chi connectivity index (χ1n) is 7.42. The number of nitrogens with zero attached hydrogens (tertiary/aromatic N) is 1. The lowest BCUT2D eigenvalue weighted by atomic mass is 10.1. The number of aryl methyl sites for hydroxylation is 1. The van der Waals surface area contributed by atoms with Crippen molar-refractivity contribution >= 4 is 11.4 Å². The Kier molecular flexibility index (Phi) is 6.19. The molecule has 0 aromatic heterocycles. The topological polar surface area (TPSA) is 24.4 Å². The van der Waals surface area contributed by atoms with Crippen molar-refractivity contribution in [2.24, 2.45) is 4.99 Å². The molecule has 0 amide bonds. The van der Waals surface area contributed by atoms with Gasteiger partial charge >= 0.3 is 6.18 Å². The standard InChI is InChI=1S/C18H23F3N2/c1-7-12(3)22-17(18(19,20)21)14(5)15(6)23-16-10-8-9-11(2)13(16)4/h8-10,23H,6-7H2,1-5H3/b17-14+,22-12?. The number of hydrogen-bond acceptors (Lipinski definition) is 2. The van der Waals surface area contributed by atoms with Crippen molar-refractivity contribution < 1.29 is 13.2 Å². The van der Waals surface area contributed by atoms with Gasteiger partial charge in [0.15, 0.2) is 0 Å². The lowest BCUT2D eigenvalue weighted by molar-refractivity contribution is -0.0930. The molecule has 2 nitrogen and oxygen atoms in total. The number of aliphatic imine (C=N–C) groups is 1. The Balaban J connectivity index is 3.23. The molecule has 0 spiro atoms. The van der Waals surface area contributed by atoms with Gasteiger partial charge in [0.1, 0.15) is 5.70 Å². The van der Waals surface area contributed by atoms with E-state index in [9.17, 15) is 13.2 Å². The first-order valence-corrected chi connectivity index (χ1v) is 7.42. The fraction of sp³-hybridized carbons (Fsp3) is 0.389. The fourth-order valence-electron chi connectivity index (χ4n) is 1.92. The summed E-state index contributed by atoms with van der Waals surface area (Å²) in [5.41, 5.74) is 2.48. The first kappa shape index (κ1) is 19.0. The van der Waals surface area contributed by atoms with Crippen molar-refractivity contribution in [3.8, 4) is 0 Å². The molecular formula is C18H23F3N2. The monoisotopic (exact) mass is 324 g/mol. The Morgan fingerprint density at radius 1 is 1.22 bits per heavy atom. The van der Waals surface area contributed by atoms with Gasteiger partial charge in [0, 0.05) is 22.7 Å². The van der Waals surface area contributed by atoms with Gasteiger partial charge in [-0.15, -0.1) is 0 Å². The maximum absolute atomic E-state index is 13.3. The van der Waals surface area contributed by atoms with Gasteiger partial charge in [-0.2, -0.15) is 13.2 Å². The molecule has 0 saturated heterocycles. The zero-order valence-electron chi connectivity index (χ0n) is 14.2. The molecule has 1 N–H and O–H groups in total. The molecule has 23 heavy (non-hydrogen) atoms. The minimum atomic E-state index is -4.52. The molecule has 0 unspecified atom stereocenters. The summed E-state index contributed by atoms with van der Waals surface area (Å²) >= 11 is 0. The average molecular weight is 324 g/mol. The van der Waals surface area contributed by atoms with E-state index in [2.05, 4.69) is 16.9 Å². The lowest BCUT2D eigenvalue weighted by Crippen LogP contribution is -2.16. The van der Waals surface area contributed by atoms with Crippen LogP contribution >= 0.6 is 0 Å². The highest BCUT2D eigenvalue weighted by Gasteiger charge is 2.36. The number of allylic oxidation sites excluding steroid dienone is 2. The van der Waals surface area contributed by atoms with Gasteiger partial charge in [-0.3, -0.25) is 4.99 Å². The Morgan fingerprint density at radius 2 is 1.83 bits per heavy atom. The second kappa shape index (κ2) is 7.49. The fourth-order valence-corrected chi connectivity index (χ4v) is 1.92. The molecule has 0 saturated carbocycles. The first-order chi connectivity index (χ1) is 10.6. The Labute approximate surface area is 135 Å². The summed E-state index contributed by atoms with van der Waals surface area (Å²) in [6.07, 6.45) is -4.06. The largest absolute Gasteiger partial charge is 0.433 e. The van der Waals surface area contributed by atoms with Gasteiger partial charge in [0.25, 0.3) is 0 Å². The number of rotatable bonds is 5. The van der Waals surface area contributed by atoms with Crippen molar-refractivity contribution in [3.05, 3.63) is 52.9 Å². The Morgan fingerprint density at radius 3 is 2.35 bits per heavy atom. The molecule has 0 atom stereocenters. The van der Waals surface area contributed by atoms with E-state index in [0.717, 1.165) is 16.8 Å². The lowest BCUT2D eigenvalue weighted by Gasteiger charge is -2.17. The molecule has 1 rings (SSSR count). The molecule has 5 heteroatoms. The van der Waals surface area contributed by atoms with Crippen LogP contribution in [-0.4, -0.2) is 11.9 Å². The molecule has 0 aliphatic heterocycles. The van der Waals surface area contributed by atoms with Crippen molar-refractivity contribution in [2.75, 3.05) is 5.32 Å². The van der Waals surface area contributed by atoms with E-state index in [-0.39, 0.29) is 11.3 Å². The molecule has 1 aromatic carbocycles. The summed E-state index contributed by atoms with van der Waals surface area (Å²) in [7, 11) is 0. The minimum Gasteiger partial charge on any atom is -0.356 e. The molecule has 0 radical (unpaired) electrons. The van der Waals surface area contributed by atoms with Crippen LogP contribution in [-0.2, 0) is 0 Å². The van der Waals surface area contributed by atoms with Crippen LogP contribution in [0, 0.1) is 13.8 Å². The average Bonchev–Trinajstić information content (AvgIpc) is 2.47. The van der Waals surface area contributed by atoms with Crippen LogP contribution in [0.4, 0.5) is 18.9 Å². The van der Waals surface area contributed by atoms with Crippen molar-refractivity contribution in [3.63, 3.8) is 0 Å². The van der Waals surface area contributed by atoms with Crippen LogP contribution in [0.25, 0.3) is 0 Å². The third-order valence-corrected chi connectivity index (χ3v) is 3.78. The van der Waals surface area contributed by atoms with Crippen LogP contribution in [0.2, 0.25) is 0 Å². The number of nitrogens with one attached hydrogen (secondary N) is 1. The molecule has 0 aliphatic rings. The normalized spacial score (nSPS) is 13.7. The summed E-state index contributed by atoms with van der Waals surface area (Å²) in [5.74, 6) is 0.